The van der Waals surface area contributed by atoms with Gasteiger partial charge >= 0.3 is 0 Å². The van der Waals surface area contributed by atoms with Crippen molar-refractivity contribution in [1.82, 2.24) is 4.90 Å². The molecule has 2 rings (SSSR count). The molecule has 1 aromatic rings. The number of likely N-dealkylation sites (N-methyl/N-ethyl adjacent to an activating group) is 2. The molecule has 0 radical (unpaired) electrons. The highest BCUT2D eigenvalue weighted by Crippen LogP contribution is 2.26. The summed E-state index contributed by atoms with van der Waals surface area (Å²) >= 11 is 0. The van der Waals surface area contributed by atoms with E-state index in [0.29, 0.717) is 6.04 Å². The molecule has 21 heavy (non-hydrogen) atoms. The number of benzene rings is 1. The highest BCUT2D eigenvalue weighted by atomic mass is 16.6. The molecular weight excluding hydrogens is 270 g/mol. The maximum absolute atomic E-state index is 11.6. The molecule has 0 amide bonds. The Bertz CT molecular complexity index is 559. The van der Waals surface area contributed by atoms with E-state index in [0.717, 1.165) is 25.2 Å². The van der Waals surface area contributed by atoms with Crippen molar-refractivity contribution in [2.45, 2.75) is 25.8 Å². The molecule has 1 saturated heterocycles. The molecule has 0 saturated carbocycles. The maximum atomic E-state index is 11.6. The molecule has 1 heterocycles. The van der Waals surface area contributed by atoms with Crippen LogP contribution in [0.25, 0.3) is 0 Å². The molecule has 1 unspecified atom stereocenters. The largest absolute Gasteiger partial charge is 0.373 e. The summed E-state index contributed by atoms with van der Waals surface area (Å²) in [6.45, 7) is 3.32. The van der Waals surface area contributed by atoms with Gasteiger partial charge in [-0.15, -0.1) is 0 Å². The first-order chi connectivity index (χ1) is 9.90. The number of rotatable bonds is 5. The average Bonchev–Trinajstić information content (AvgIpc) is 2.83. The van der Waals surface area contributed by atoms with Gasteiger partial charge in [0.1, 0.15) is 0 Å². The smallest absolute Gasteiger partial charge is 0.280 e. The molecule has 1 aliphatic heterocycles. The lowest BCUT2D eigenvalue weighted by Gasteiger charge is -2.27. The van der Waals surface area contributed by atoms with E-state index in [1.54, 1.807) is 12.1 Å². The van der Waals surface area contributed by atoms with Gasteiger partial charge in [-0.3, -0.25) is 14.9 Å². The predicted molar refractivity (Wildman–Crippen MR) is 82.0 cm³/mol. The van der Waals surface area contributed by atoms with E-state index in [1.165, 1.54) is 19.4 Å². The number of Topliss-reactive ketones (excluding diaryl/α,β-unsaturated/α-hetero) is 1. The number of likely N-dealkylation sites (tertiary alicyclic amines) is 1. The molecule has 0 aliphatic carbocycles. The second kappa shape index (κ2) is 6.22. The first kappa shape index (κ1) is 15.4. The van der Waals surface area contributed by atoms with E-state index in [9.17, 15) is 14.9 Å². The Morgan fingerprint density at radius 2 is 2.24 bits per heavy atom. The Hall–Kier alpha value is -1.95. The Morgan fingerprint density at radius 3 is 2.76 bits per heavy atom. The molecule has 0 spiro atoms. The van der Waals surface area contributed by atoms with Crippen molar-refractivity contribution in [2.75, 3.05) is 32.1 Å². The highest BCUT2D eigenvalue weighted by molar-refractivity contribution is 5.99. The van der Waals surface area contributed by atoms with Crippen molar-refractivity contribution in [1.29, 1.82) is 0 Å². The molecule has 1 atom stereocenters. The maximum Gasteiger partial charge on any atom is 0.280 e. The minimum Gasteiger partial charge on any atom is -0.373 e. The SMILES string of the molecule is CC(=O)c1cc(N(C)CC2CCCN2C)ccc1[N+](=O)[O-]. The van der Waals surface area contributed by atoms with Gasteiger partial charge in [-0.05, 0) is 45.5 Å². The van der Waals surface area contributed by atoms with E-state index in [4.69, 9.17) is 0 Å². The second-order valence-corrected chi connectivity index (χ2v) is 5.67. The molecule has 0 bridgehead atoms. The average molecular weight is 291 g/mol. The van der Waals surface area contributed by atoms with Crippen LogP contribution in [-0.2, 0) is 0 Å². The standard InChI is InChI=1S/C15H21N3O3/c1-11(19)14-9-12(6-7-15(14)18(20)21)17(3)10-13-5-4-8-16(13)2/h6-7,9,13H,4-5,8,10H2,1-3H3. The zero-order chi connectivity index (χ0) is 15.6. The van der Waals surface area contributed by atoms with Crippen LogP contribution in [0.3, 0.4) is 0 Å². The minimum atomic E-state index is -0.509. The van der Waals surface area contributed by atoms with E-state index in [2.05, 4.69) is 16.8 Å². The fraction of sp³-hybridized carbons (Fsp3) is 0.533. The number of hydrogen-bond donors (Lipinski definition) is 0. The minimum absolute atomic E-state index is 0.127. The van der Waals surface area contributed by atoms with Gasteiger partial charge in [-0.25, -0.2) is 0 Å². The van der Waals surface area contributed by atoms with Crippen molar-refractivity contribution in [3.63, 3.8) is 0 Å². The summed E-state index contributed by atoms with van der Waals surface area (Å²) < 4.78 is 0. The van der Waals surface area contributed by atoms with Crippen LogP contribution in [0.1, 0.15) is 30.1 Å². The van der Waals surface area contributed by atoms with Crippen LogP contribution in [0.4, 0.5) is 11.4 Å². The van der Waals surface area contributed by atoms with Gasteiger partial charge in [0.05, 0.1) is 10.5 Å². The summed E-state index contributed by atoms with van der Waals surface area (Å²) in [6.07, 6.45) is 2.36. The zero-order valence-electron chi connectivity index (χ0n) is 12.7. The number of carbonyl (C=O) groups is 1. The van der Waals surface area contributed by atoms with E-state index in [-0.39, 0.29) is 17.0 Å². The summed E-state index contributed by atoms with van der Waals surface area (Å²) in [5.41, 5.74) is 0.882. The quantitative estimate of drug-likeness (QED) is 0.473. The molecule has 114 valence electrons. The van der Waals surface area contributed by atoms with Gasteiger partial charge in [0.2, 0.25) is 0 Å². The van der Waals surface area contributed by atoms with Crippen molar-refractivity contribution in [3.8, 4) is 0 Å². The van der Waals surface area contributed by atoms with Crippen LogP contribution in [0.5, 0.6) is 0 Å². The van der Waals surface area contributed by atoms with E-state index >= 15 is 0 Å². The number of anilines is 1. The summed E-state index contributed by atoms with van der Waals surface area (Å²) in [5, 5.41) is 11.0. The molecule has 6 nitrogen and oxygen atoms in total. The molecular formula is C15H21N3O3. The number of nitro groups is 1. The summed E-state index contributed by atoms with van der Waals surface area (Å²) in [7, 11) is 4.07. The summed E-state index contributed by atoms with van der Waals surface area (Å²) in [6, 6.07) is 5.24. The Balaban J connectivity index is 2.21. The lowest BCUT2D eigenvalue weighted by Crippen LogP contribution is -2.36. The third kappa shape index (κ3) is 3.39. The van der Waals surface area contributed by atoms with Gasteiger partial charge < -0.3 is 9.80 Å². The van der Waals surface area contributed by atoms with Gasteiger partial charge in [-0.2, -0.15) is 0 Å². The van der Waals surface area contributed by atoms with Crippen LogP contribution in [0.2, 0.25) is 0 Å². The van der Waals surface area contributed by atoms with Crippen LogP contribution in [-0.4, -0.2) is 48.8 Å². The molecule has 6 heteroatoms. The number of carbonyl (C=O) groups excluding carboxylic acids is 1. The second-order valence-electron chi connectivity index (χ2n) is 5.67. The van der Waals surface area contributed by atoms with Crippen LogP contribution >= 0.6 is 0 Å². The number of ketones is 1. The Labute approximate surface area is 124 Å². The summed E-state index contributed by atoms with van der Waals surface area (Å²) in [4.78, 5) is 26.4. The number of nitro benzene ring substituents is 1. The highest BCUT2D eigenvalue weighted by Gasteiger charge is 2.23. The molecule has 1 aromatic carbocycles. The van der Waals surface area contributed by atoms with Crippen molar-refractivity contribution >= 4 is 17.2 Å². The van der Waals surface area contributed by atoms with Crippen molar-refractivity contribution in [2.24, 2.45) is 0 Å². The number of nitrogens with zero attached hydrogens (tertiary/aromatic N) is 3. The fourth-order valence-corrected chi connectivity index (χ4v) is 2.83. The Morgan fingerprint density at radius 1 is 1.52 bits per heavy atom. The lowest BCUT2D eigenvalue weighted by molar-refractivity contribution is -0.385. The monoisotopic (exact) mass is 291 g/mol. The third-order valence-electron chi connectivity index (χ3n) is 4.15. The van der Waals surface area contributed by atoms with Crippen LogP contribution < -0.4 is 4.90 Å². The Kier molecular flexibility index (Phi) is 4.57. The molecule has 1 aliphatic rings. The van der Waals surface area contributed by atoms with Crippen molar-refractivity contribution < 1.29 is 9.72 Å². The number of hydrogen-bond acceptors (Lipinski definition) is 5. The topological polar surface area (TPSA) is 66.7 Å². The normalized spacial score (nSPS) is 18.7. The molecule has 0 N–H and O–H groups in total. The molecule has 0 aromatic heterocycles. The fourth-order valence-electron chi connectivity index (χ4n) is 2.83. The lowest BCUT2D eigenvalue weighted by atomic mass is 10.1. The first-order valence-corrected chi connectivity index (χ1v) is 7.11. The zero-order valence-corrected chi connectivity index (χ0v) is 12.7. The first-order valence-electron chi connectivity index (χ1n) is 7.11. The predicted octanol–water partition coefficient (Wildman–Crippen LogP) is 2.33. The third-order valence-corrected chi connectivity index (χ3v) is 4.15. The summed E-state index contributed by atoms with van der Waals surface area (Å²) in [5.74, 6) is -0.282. The van der Waals surface area contributed by atoms with Crippen LogP contribution in [0.15, 0.2) is 18.2 Å². The van der Waals surface area contributed by atoms with Gasteiger partial charge in [0, 0.05) is 31.4 Å². The van der Waals surface area contributed by atoms with Crippen LogP contribution in [0, 0.1) is 10.1 Å². The van der Waals surface area contributed by atoms with E-state index in [1.807, 2.05) is 7.05 Å². The van der Waals surface area contributed by atoms with Gasteiger partial charge in [-0.1, -0.05) is 0 Å². The van der Waals surface area contributed by atoms with Gasteiger partial charge in [0.15, 0.2) is 5.78 Å². The molecule has 1 fully saturated rings. The van der Waals surface area contributed by atoms with Gasteiger partial charge in [0.25, 0.3) is 5.69 Å². The van der Waals surface area contributed by atoms with E-state index < -0.39 is 4.92 Å². The van der Waals surface area contributed by atoms with Crippen molar-refractivity contribution in [3.05, 3.63) is 33.9 Å².